The third kappa shape index (κ3) is 5.55. The summed E-state index contributed by atoms with van der Waals surface area (Å²) in [5.41, 5.74) is 0. The minimum Gasteiger partial charge on any atom is -0.479 e. The molecule has 156 valence electrons. The van der Waals surface area contributed by atoms with Gasteiger partial charge in [0.25, 0.3) is 0 Å². The van der Waals surface area contributed by atoms with Crippen molar-refractivity contribution in [1.82, 2.24) is 0 Å². The van der Waals surface area contributed by atoms with E-state index in [1.165, 1.54) is 6.92 Å². The molecule has 2 rings (SSSR count). The number of carboxylic acid groups (broad SMARTS) is 1. The summed E-state index contributed by atoms with van der Waals surface area (Å²) in [5, 5.41) is 72.5. The van der Waals surface area contributed by atoms with Crippen molar-refractivity contribution in [3.8, 4) is 0 Å². The monoisotopic (exact) mass is 386 g/mol. The van der Waals surface area contributed by atoms with Crippen molar-refractivity contribution in [1.29, 1.82) is 0 Å². The smallest absolute Gasteiger partial charge is 0.335 e. The minimum atomic E-state index is -1.59. The van der Waals surface area contributed by atoms with Gasteiger partial charge in [0.15, 0.2) is 6.10 Å². The Bertz CT molecular complexity index is 429. The number of rotatable bonds is 2. The van der Waals surface area contributed by atoms with Gasteiger partial charge in [-0.2, -0.15) is 0 Å². The van der Waals surface area contributed by atoms with Crippen molar-refractivity contribution in [3.63, 3.8) is 0 Å². The molecule has 11 nitrogen and oxygen atoms in total. The Hall–Kier alpha value is -0.890. The molecule has 0 unspecified atom stereocenters. The van der Waals surface area contributed by atoms with Crippen LogP contribution in [0.25, 0.3) is 0 Å². The fraction of sp³-hybridized carbons (Fsp3) is 0.933. The number of carbonyl (C=O) groups is 1. The second kappa shape index (κ2) is 10.4. The van der Waals surface area contributed by atoms with E-state index in [-0.39, 0.29) is 14.0 Å². The lowest BCUT2D eigenvalue weighted by molar-refractivity contribution is -0.224. The predicted octanol–water partition coefficient (Wildman–Crippen LogP) is -3.57. The molecule has 0 aromatic carbocycles. The van der Waals surface area contributed by atoms with Gasteiger partial charge in [-0.15, -0.1) is 0 Å². The molecule has 11 heteroatoms. The maximum Gasteiger partial charge on any atom is 0.335 e. The highest BCUT2D eigenvalue weighted by molar-refractivity contribution is 5.73. The van der Waals surface area contributed by atoms with Crippen molar-refractivity contribution < 1.29 is 55.1 Å². The minimum absolute atomic E-state index is 0. The van der Waals surface area contributed by atoms with Gasteiger partial charge in [-0.3, -0.25) is 0 Å². The molecule has 26 heavy (non-hydrogen) atoms. The highest BCUT2D eigenvalue weighted by Gasteiger charge is 2.45. The van der Waals surface area contributed by atoms with Crippen LogP contribution in [0.4, 0.5) is 0 Å². The van der Waals surface area contributed by atoms with Gasteiger partial charge in [-0.05, 0) is 13.8 Å². The van der Waals surface area contributed by atoms with Crippen molar-refractivity contribution in [2.45, 2.75) is 82.3 Å². The van der Waals surface area contributed by atoms with Crippen LogP contribution in [0.3, 0.4) is 0 Å². The van der Waals surface area contributed by atoms with Crippen LogP contribution in [0.1, 0.15) is 21.3 Å². The summed E-state index contributed by atoms with van der Waals surface area (Å²) in [4.78, 5) is 10.5. The topological polar surface area (TPSA) is 197 Å². The molecule has 8 N–H and O–H groups in total. The van der Waals surface area contributed by atoms with Crippen molar-refractivity contribution >= 4 is 5.97 Å². The molecular formula is C15H30O11. The van der Waals surface area contributed by atoms with Gasteiger partial charge >= 0.3 is 5.97 Å². The van der Waals surface area contributed by atoms with E-state index in [1.54, 1.807) is 6.92 Å². The fourth-order valence-corrected chi connectivity index (χ4v) is 2.54. The van der Waals surface area contributed by atoms with E-state index in [4.69, 9.17) is 19.7 Å². The van der Waals surface area contributed by atoms with Crippen LogP contribution in [0.15, 0.2) is 0 Å². The molecule has 0 spiro atoms. The van der Waals surface area contributed by atoms with Crippen LogP contribution in [0.5, 0.6) is 0 Å². The van der Waals surface area contributed by atoms with E-state index in [0.717, 1.165) is 0 Å². The number of hydrogen-bond donors (Lipinski definition) is 8. The SMILES string of the molecule is C.C[C@H]1O[C@@H](C(=O)O)[C@H](O)[C@@H](O)[C@@H]1O.C[C@H]1O[C@@H](CO)[C@H](O)[C@@H](O)[C@@H]1O. The molecule has 0 bridgehead atoms. The van der Waals surface area contributed by atoms with Gasteiger partial charge in [-0.25, -0.2) is 4.79 Å². The van der Waals surface area contributed by atoms with Crippen molar-refractivity contribution in [2.75, 3.05) is 6.61 Å². The van der Waals surface area contributed by atoms with Gasteiger partial charge in [0.2, 0.25) is 0 Å². The number of carboxylic acids is 1. The second-order valence-electron chi connectivity index (χ2n) is 6.11. The van der Waals surface area contributed by atoms with Gasteiger partial charge < -0.3 is 50.3 Å². The molecule has 0 aromatic rings. The zero-order valence-electron chi connectivity index (χ0n) is 13.8. The lowest BCUT2D eigenvalue weighted by Crippen LogP contribution is -2.58. The Morgan fingerprint density at radius 2 is 1.19 bits per heavy atom. The second-order valence-corrected chi connectivity index (χ2v) is 6.11. The number of hydrogen-bond acceptors (Lipinski definition) is 10. The van der Waals surface area contributed by atoms with Crippen LogP contribution in [-0.4, -0.2) is 114 Å². The van der Waals surface area contributed by atoms with E-state index in [9.17, 15) is 35.4 Å². The highest BCUT2D eigenvalue weighted by atomic mass is 16.6. The zero-order chi connectivity index (χ0) is 19.5. The normalized spacial score (nSPS) is 45.7. The average molecular weight is 386 g/mol. The Labute approximate surface area is 151 Å². The quantitative estimate of drug-likeness (QED) is 0.233. The molecule has 2 heterocycles. The summed E-state index contributed by atoms with van der Waals surface area (Å²) in [6.07, 6.45) is -11.6. The van der Waals surface area contributed by atoms with Crippen LogP contribution in [0.2, 0.25) is 0 Å². The third-order valence-electron chi connectivity index (χ3n) is 4.23. The maximum absolute atomic E-state index is 10.5. The number of ether oxygens (including phenoxy) is 2. The largest absolute Gasteiger partial charge is 0.479 e. The lowest BCUT2D eigenvalue weighted by Gasteiger charge is -2.38. The summed E-state index contributed by atoms with van der Waals surface area (Å²) in [6, 6.07) is 0. The molecular weight excluding hydrogens is 356 g/mol. The predicted molar refractivity (Wildman–Crippen MR) is 86.2 cm³/mol. The lowest BCUT2D eigenvalue weighted by atomic mass is 9.96. The Morgan fingerprint density at radius 3 is 1.62 bits per heavy atom. The molecule has 10 atom stereocenters. The third-order valence-corrected chi connectivity index (χ3v) is 4.23. The van der Waals surface area contributed by atoms with E-state index >= 15 is 0 Å². The Morgan fingerprint density at radius 1 is 0.769 bits per heavy atom. The van der Waals surface area contributed by atoms with Crippen LogP contribution in [0, 0.1) is 0 Å². The molecule has 0 saturated carbocycles. The average Bonchev–Trinajstić information content (AvgIpc) is 2.57. The Balaban J connectivity index is 0.000000464. The summed E-state index contributed by atoms with van der Waals surface area (Å²) >= 11 is 0. The van der Waals surface area contributed by atoms with Crippen LogP contribution < -0.4 is 0 Å². The molecule has 2 fully saturated rings. The molecule has 0 radical (unpaired) electrons. The van der Waals surface area contributed by atoms with E-state index in [2.05, 4.69) is 0 Å². The highest BCUT2D eigenvalue weighted by Crippen LogP contribution is 2.21. The van der Waals surface area contributed by atoms with Crippen molar-refractivity contribution in [3.05, 3.63) is 0 Å². The first-order valence-electron chi connectivity index (χ1n) is 7.75. The fourth-order valence-electron chi connectivity index (χ4n) is 2.54. The number of aliphatic carboxylic acids is 1. The van der Waals surface area contributed by atoms with E-state index in [1.807, 2.05) is 0 Å². The number of aliphatic hydroxyl groups excluding tert-OH is 7. The molecule has 2 aliphatic rings. The maximum atomic E-state index is 10.5. The van der Waals surface area contributed by atoms with Gasteiger partial charge in [0.1, 0.15) is 42.7 Å². The van der Waals surface area contributed by atoms with E-state index in [0.29, 0.717) is 0 Å². The Kier molecular flexibility index (Phi) is 10.1. The van der Waals surface area contributed by atoms with Gasteiger partial charge in [0, 0.05) is 0 Å². The standard InChI is InChI=1S/C7H12O6.C7H14O5.CH4/c1-2-3(8)4(9)5(10)6(13-2)7(11)12;1-3-5(9)7(11)6(10)4(2-8)12-3;/h2-6,8-10H,1H3,(H,11,12);3-11H,2H2,1H3;1H4/t2-,3-,4+,5-,6-;3-,4+,5-,6+,7+;/m11./s1. The molecule has 0 aromatic heterocycles. The van der Waals surface area contributed by atoms with Gasteiger partial charge in [0.05, 0.1) is 18.8 Å². The molecule has 2 aliphatic heterocycles. The first-order chi connectivity index (χ1) is 11.5. The summed E-state index contributed by atoms with van der Waals surface area (Å²) in [7, 11) is 0. The molecule has 2 saturated heterocycles. The first kappa shape index (κ1) is 25.1. The number of aliphatic hydroxyl groups is 7. The van der Waals surface area contributed by atoms with Crippen molar-refractivity contribution in [2.24, 2.45) is 0 Å². The van der Waals surface area contributed by atoms with Gasteiger partial charge in [-0.1, -0.05) is 7.43 Å². The first-order valence-corrected chi connectivity index (χ1v) is 7.75. The summed E-state index contributed by atoms with van der Waals surface area (Å²) < 4.78 is 9.80. The molecule has 0 aliphatic carbocycles. The van der Waals surface area contributed by atoms with E-state index < -0.39 is 67.0 Å². The van der Waals surface area contributed by atoms with Crippen LogP contribution in [-0.2, 0) is 14.3 Å². The molecule has 0 amide bonds. The summed E-state index contributed by atoms with van der Waals surface area (Å²) in [6.45, 7) is 2.63. The zero-order valence-corrected chi connectivity index (χ0v) is 13.8. The summed E-state index contributed by atoms with van der Waals surface area (Å²) in [5.74, 6) is -1.36. The van der Waals surface area contributed by atoms with Crippen LogP contribution >= 0.6 is 0 Å².